The van der Waals surface area contributed by atoms with E-state index in [1.54, 1.807) is 24.3 Å². The van der Waals surface area contributed by atoms with E-state index in [1.807, 2.05) is 4.90 Å². The van der Waals surface area contributed by atoms with Crippen molar-refractivity contribution < 1.29 is 23.6 Å². The molecule has 2 fully saturated rings. The molecule has 190 valence electrons. The van der Waals surface area contributed by atoms with Crippen molar-refractivity contribution in [1.29, 1.82) is 0 Å². The van der Waals surface area contributed by atoms with Gasteiger partial charge >= 0.3 is 0 Å². The van der Waals surface area contributed by atoms with Crippen molar-refractivity contribution in [2.75, 3.05) is 75.5 Å². The summed E-state index contributed by atoms with van der Waals surface area (Å²) in [6.45, 7) is 5.66. The number of nitro groups is 1. The Morgan fingerprint density at radius 2 is 1.83 bits per heavy atom. The first kappa shape index (κ1) is 24.5. The topological polar surface area (TPSA) is 101 Å². The maximum absolute atomic E-state index is 14.4. The first-order chi connectivity index (χ1) is 17.5. The lowest BCUT2D eigenvalue weighted by molar-refractivity contribution is -0.384. The van der Waals surface area contributed by atoms with Crippen LogP contribution in [0, 0.1) is 15.9 Å². The number of thiazole rings is 1. The molecule has 3 heterocycles. The molecule has 3 aromatic rings. The van der Waals surface area contributed by atoms with Gasteiger partial charge in [0.2, 0.25) is 0 Å². The van der Waals surface area contributed by atoms with Crippen molar-refractivity contribution in [2.24, 2.45) is 0 Å². The van der Waals surface area contributed by atoms with E-state index in [0.717, 1.165) is 13.1 Å². The quantitative estimate of drug-likeness (QED) is 0.349. The van der Waals surface area contributed by atoms with Crippen molar-refractivity contribution in [3.63, 3.8) is 0 Å². The second-order valence-corrected chi connectivity index (χ2v) is 9.56. The lowest BCUT2D eigenvalue weighted by Crippen LogP contribution is -2.43. The predicted octanol–water partition coefficient (Wildman–Crippen LogP) is 3.16. The molecule has 10 nitrogen and oxygen atoms in total. The van der Waals surface area contributed by atoms with Gasteiger partial charge in [0.25, 0.3) is 11.6 Å². The SMILES string of the molecule is O=C(c1ccc(N2CCOCC2)c([N+](=O)[O-])c1)N(CCN1CCOCC1)c1nc2c(F)cccc2s1. The lowest BCUT2D eigenvalue weighted by Gasteiger charge is -2.30. The fraction of sp³-hybridized carbons (Fsp3) is 0.417. The van der Waals surface area contributed by atoms with Gasteiger partial charge in [0, 0.05) is 50.9 Å². The van der Waals surface area contributed by atoms with Crippen molar-refractivity contribution >= 4 is 44.0 Å². The normalized spacial score (nSPS) is 16.9. The molecule has 12 heteroatoms. The molecule has 0 aliphatic carbocycles. The molecule has 2 aromatic carbocycles. The number of carbonyl (C=O) groups excluding carboxylic acids is 1. The Bertz CT molecular complexity index is 1260. The van der Waals surface area contributed by atoms with Crippen LogP contribution in [0.2, 0.25) is 0 Å². The number of rotatable bonds is 7. The zero-order valence-electron chi connectivity index (χ0n) is 19.6. The summed E-state index contributed by atoms with van der Waals surface area (Å²) in [4.78, 5) is 35.2. The van der Waals surface area contributed by atoms with Crippen LogP contribution in [0.3, 0.4) is 0 Å². The van der Waals surface area contributed by atoms with E-state index in [0.29, 0.717) is 68.1 Å². The van der Waals surface area contributed by atoms with Gasteiger partial charge in [-0.15, -0.1) is 0 Å². The number of benzene rings is 2. The number of hydrogen-bond acceptors (Lipinski definition) is 9. The van der Waals surface area contributed by atoms with E-state index in [9.17, 15) is 19.3 Å². The number of carbonyl (C=O) groups is 1. The van der Waals surface area contributed by atoms with Crippen LogP contribution < -0.4 is 9.80 Å². The number of anilines is 2. The Morgan fingerprint density at radius 1 is 1.11 bits per heavy atom. The van der Waals surface area contributed by atoms with Crippen LogP contribution in [-0.4, -0.2) is 86.4 Å². The summed E-state index contributed by atoms with van der Waals surface area (Å²) in [5.74, 6) is -0.875. The number of nitrogens with zero attached hydrogens (tertiary/aromatic N) is 5. The van der Waals surface area contributed by atoms with Crippen molar-refractivity contribution in [1.82, 2.24) is 9.88 Å². The summed E-state index contributed by atoms with van der Waals surface area (Å²) >= 11 is 1.22. The molecule has 0 bridgehead atoms. The summed E-state index contributed by atoms with van der Waals surface area (Å²) in [7, 11) is 0. The molecule has 0 atom stereocenters. The Kier molecular flexibility index (Phi) is 7.37. The second-order valence-electron chi connectivity index (χ2n) is 8.55. The monoisotopic (exact) mass is 515 g/mol. The highest BCUT2D eigenvalue weighted by Crippen LogP contribution is 2.33. The van der Waals surface area contributed by atoms with Crippen molar-refractivity contribution in [2.45, 2.75) is 0 Å². The van der Waals surface area contributed by atoms with E-state index in [-0.39, 0.29) is 16.8 Å². The van der Waals surface area contributed by atoms with Crippen LogP contribution >= 0.6 is 11.3 Å². The number of amides is 1. The third kappa shape index (κ3) is 5.16. The van der Waals surface area contributed by atoms with E-state index in [2.05, 4.69) is 9.88 Å². The minimum Gasteiger partial charge on any atom is -0.379 e. The van der Waals surface area contributed by atoms with Gasteiger partial charge in [0.15, 0.2) is 5.13 Å². The van der Waals surface area contributed by atoms with Gasteiger partial charge in [-0.25, -0.2) is 9.37 Å². The van der Waals surface area contributed by atoms with Gasteiger partial charge in [-0.1, -0.05) is 17.4 Å². The Labute approximate surface area is 211 Å². The van der Waals surface area contributed by atoms with E-state index in [1.165, 1.54) is 28.4 Å². The smallest absolute Gasteiger partial charge is 0.293 e. The predicted molar refractivity (Wildman–Crippen MR) is 135 cm³/mol. The molecule has 1 amide bonds. The molecule has 0 N–H and O–H groups in total. The molecule has 36 heavy (non-hydrogen) atoms. The molecular formula is C24H26FN5O5S. The molecule has 2 saturated heterocycles. The van der Waals surface area contributed by atoms with Crippen LogP contribution in [0.25, 0.3) is 10.2 Å². The van der Waals surface area contributed by atoms with Gasteiger partial charge in [0.1, 0.15) is 17.0 Å². The Balaban J connectivity index is 1.47. The third-order valence-electron chi connectivity index (χ3n) is 6.35. The summed E-state index contributed by atoms with van der Waals surface area (Å²) in [6.07, 6.45) is 0. The number of morpholine rings is 2. The average molecular weight is 516 g/mol. The standard InChI is InChI=1S/C24H26FN5O5S/c25-18-2-1-3-21-22(18)26-24(36-21)29(7-6-27-8-12-34-13-9-27)23(31)17-4-5-19(20(16-17)30(32)33)28-10-14-35-15-11-28/h1-5,16H,6-15H2. The van der Waals surface area contributed by atoms with Crippen LogP contribution in [0.15, 0.2) is 36.4 Å². The van der Waals surface area contributed by atoms with Gasteiger partial charge < -0.3 is 14.4 Å². The minimum atomic E-state index is -0.466. The number of hydrogen-bond donors (Lipinski definition) is 0. The summed E-state index contributed by atoms with van der Waals surface area (Å²) < 4.78 is 25.7. The van der Waals surface area contributed by atoms with Crippen LogP contribution in [0.4, 0.5) is 20.9 Å². The molecule has 0 radical (unpaired) electrons. The number of para-hydroxylation sites is 1. The number of ether oxygens (including phenoxy) is 2. The lowest BCUT2D eigenvalue weighted by atomic mass is 10.1. The van der Waals surface area contributed by atoms with Crippen LogP contribution in [-0.2, 0) is 9.47 Å². The number of aromatic nitrogens is 1. The van der Waals surface area contributed by atoms with Gasteiger partial charge in [0.05, 0.1) is 36.1 Å². The largest absolute Gasteiger partial charge is 0.379 e. The van der Waals surface area contributed by atoms with E-state index < -0.39 is 16.6 Å². The first-order valence-corrected chi connectivity index (χ1v) is 12.6. The van der Waals surface area contributed by atoms with Gasteiger partial charge in [-0.05, 0) is 24.3 Å². The fourth-order valence-electron chi connectivity index (χ4n) is 4.40. The van der Waals surface area contributed by atoms with Gasteiger partial charge in [-0.3, -0.25) is 24.7 Å². The molecule has 2 aliphatic rings. The summed E-state index contributed by atoms with van der Waals surface area (Å²) in [5.41, 5.74) is 0.712. The Morgan fingerprint density at radius 3 is 2.53 bits per heavy atom. The van der Waals surface area contributed by atoms with E-state index >= 15 is 0 Å². The number of halogens is 1. The molecule has 5 rings (SSSR count). The van der Waals surface area contributed by atoms with Crippen molar-refractivity contribution in [3.05, 3.63) is 57.9 Å². The van der Waals surface area contributed by atoms with E-state index in [4.69, 9.17) is 9.47 Å². The number of fused-ring (bicyclic) bond motifs is 1. The molecule has 2 aliphatic heterocycles. The third-order valence-corrected chi connectivity index (χ3v) is 7.39. The number of nitro benzene ring substituents is 1. The van der Waals surface area contributed by atoms with Crippen molar-refractivity contribution in [3.8, 4) is 0 Å². The zero-order chi connectivity index (χ0) is 25.1. The second kappa shape index (κ2) is 10.8. The highest BCUT2D eigenvalue weighted by Gasteiger charge is 2.28. The van der Waals surface area contributed by atoms with Gasteiger partial charge in [-0.2, -0.15) is 0 Å². The maximum Gasteiger partial charge on any atom is 0.293 e. The highest BCUT2D eigenvalue weighted by atomic mass is 32.1. The molecule has 0 saturated carbocycles. The summed E-state index contributed by atoms with van der Waals surface area (Å²) in [6, 6.07) is 9.24. The first-order valence-electron chi connectivity index (χ1n) is 11.8. The van der Waals surface area contributed by atoms with Crippen LogP contribution in [0.1, 0.15) is 10.4 Å². The molecule has 0 spiro atoms. The highest BCUT2D eigenvalue weighted by molar-refractivity contribution is 7.22. The molecule has 1 aromatic heterocycles. The van der Waals surface area contributed by atoms with Crippen LogP contribution in [0.5, 0.6) is 0 Å². The average Bonchev–Trinajstić information content (AvgIpc) is 3.35. The Hall–Kier alpha value is -3.19. The summed E-state index contributed by atoms with van der Waals surface area (Å²) in [5, 5.41) is 12.3. The fourth-order valence-corrected chi connectivity index (χ4v) is 5.40. The zero-order valence-corrected chi connectivity index (χ0v) is 20.4. The minimum absolute atomic E-state index is 0.133. The maximum atomic E-state index is 14.4. The molecular weight excluding hydrogens is 489 g/mol. The molecule has 0 unspecified atom stereocenters.